The molecule has 1 aliphatic rings. The van der Waals surface area contributed by atoms with E-state index in [1.54, 1.807) is 29.3 Å². The van der Waals surface area contributed by atoms with Crippen LogP contribution in [0, 0.1) is 0 Å². The maximum atomic E-state index is 13.1. The summed E-state index contributed by atoms with van der Waals surface area (Å²) < 4.78 is 2.00. The number of thioether (sulfide) groups is 1. The van der Waals surface area contributed by atoms with Gasteiger partial charge >= 0.3 is 0 Å². The minimum atomic E-state index is -0.210. The highest BCUT2D eigenvalue weighted by molar-refractivity contribution is 8.26. The number of fused-ring (bicyclic) bond motifs is 1. The van der Waals surface area contributed by atoms with Gasteiger partial charge in [-0.25, -0.2) is 4.98 Å². The zero-order chi connectivity index (χ0) is 20.3. The Morgan fingerprint density at radius 2 is 2.07 bits per heavy atom. The molecule has 3 heterocycles. The molecule has 0 unspecified atom stereocenters. The standard InChI is InChI=1S/C20H24N4O2S2/c1-4-5-7-10-21-17-14(18(25)23-11-8-6-9-16(23)22-17)12-15-19(26)24(13(2)3)20(27)28-15/h6,8-9,11-13,21H,4-5,7,10H2,1-3H3. The number of pyridine rings is 1. The van der Waals surface area contributed by atoms with Gasteiger partial charge in [0, 0.05) is 18.8 Å². The van der Waals surface area contributed by atoms with Gasteiger partial charge in [-0.05, 0) is 38.5 Å². The summed E-state index contributed by atoms with van der Waals surface area (Å²) >= 11 is 6.57. The van der Waals surface area contributed by atoms with Crippen molar-refractivity contribution in [3.63, 3.8) is 0 Å². The van der Waals surface area contributed by atoms with E-state index in [2.05, 4.69) is 17.2 Å². The second-order valence-electron chi connectivity index (χ2n) is 6.89. The highest BCUT2D eigenvalue weighted by Crippen LogP contribution is 2.34. The van der Waals surface area contributed by atoms with Crippen molar-refractivity contribution in [3.8, 4) is 0 Å². The van der Waals surface area contributed by atoms with Gasteiger partial charge < -0.3 is 5.32 Å². The monoisotopic (exact) mass is 416 g/mol. The van der Waals surface area contributed by atoms with Gasteiger partial charge in [0.05, 0.1) is 10.5 Å². The minimum absolute atomic E-state index is 0.0270. The van der Waals surface area contributed by atoms with Crippen LogP contribution in [0.1, 0.15) is 45.6 Å². The summed E-state index contributed by atoms with van der Waals surface area (Å²) in [5, 5.41) is 3.28. The van der Waals surface area contributed by atoms with Crippen molar-refractivity contribution in [1.82, 2.24) is 14.3 Å². The normalized spacial score (nSPS) is 16.0. The van der Waals surface area contributed by atoms with E-state index in [-0.39, 0.29) is 17.5 Å². The van der Waals surface area contributed by atoms with E-state index >= 15 is 0 Å². The molecule has 1 aliphatic heterocycles. The van der Waals surface area contributed by atoms with Crippen LogP contribution in [0.2, 0.25) is 0 Å². The molecule has 1 fully saturated rings. The number of nitrogens with zero attached hydrogens (tertiary/aromatic N) is 3. The van der Waals surface area contributed by atoms with Crippen LogP contribution in [0.4, 0.5) is 5.82 Å². The van der Waals surface area contributed by atoms with Crippen molar-refractivity contribution in [1.29, 1.82) is 0 Å². The van der Waals surface area contributed by atoms with Crippen molar-refractivity contribution in [2.45, 2.75) is 46.1 Å². The average Bonchev–Trinajstić information content (AvgIpc) is 2.95. The highest BCUT2D eigenvalue weighted by Gasteiger charge is 2.34. The first-order valence-corrected chi connectivity index (χ1v) is 10.7. The number of hydrogen-bond acceptors (Lipinski definition) is 6. The summed E-state index contributed by atoms with van der Waals surface area (Å²) in [4.78, 5) is 32.5. The molecule has 0 saturated carbocycles. The number of rotatable bonds is 7. The van der Waals surface area contributed by atoms with Gasteiger partial charge in [0.15, 0.2) is 0 Å². The van der Waals surface area contributed by atoms with Gasteiger partial charge in [-0.3, -0.25) is 18.9 Å². The van der Waals surface area contributed by atoms with E-state index in [9.17, 15) is 9.59 Å². The average molecular weight is 417 g/mol. The van der Waals surface area contributed by atoms with E-state index in [4.69, 9.17) is 12.2 Å². The Morgan fingerprint density at radius 3 is 2.75 bits per heavy atom. The summed E-state index contributed by atoms with van der Waals surface area (Å²) in [5.41, 5.74) is 0.736. The first-order valence-electron chi connectivity index (χ1n) is 9.46. The molecule has 2 aromatic heterocycles. The van der Waals surface area contributed by atoms with Crippen LogP contribution in [-0.4, -0.2) is 37.1 Å². The topological polar surface area (TPSA) is 66.7 Å². The lowest BCUT2D eigenvalue weighted by atomic mass is 10.2. The SMILES string of the molecule is CCCCCNc1nc2ccccn2c(=O)c1C=C1SC(=S)N(C(C)C)C1=O. The molecule has 2 aromatic rings. The van der Waals surface area contributed by atoms with Gasteiger partial charge in [0.2, 0.25) is 0 Å². The van der Waals surface area contributed by atoms with E-state index < -0.39 is 0 Å². The molecule has 6 nitrogen and oxygen atoms in total. The molecule has 0 atom stereocenters. The highest BCUT2D eigenvalue weighted by atomic mass is 32.2. The molecule has 1 amide bonds. The van der Waals surface area contributed by atoms with E-state index in [1.165, 1.54) is 16.2 Å². The third-order valence-electron chi connectivity index (χ3n) is 4.46. The molecule has 0 aliphatic carbocycles. The Bertz CT molecular complexity index is 997. The largest absolute Gasteiger partial charge is 0.369 e. The zero-order valence-electron chi connectivity index (χ0n) is 16.3. The third kappa shape index (κ3) is 4.12. The van der Waals surface area contributed by atoms with Crippen molar-refractivity contribution >= 4 is 51.7 Å². The van der Waals surface area contributed by atoms with Crippen LogP contribution in [-0.2, 0) is 4.79 Å². The summed E-state index contributed by atoms with van der Waals surface area (Å²) in [6, 6.07) is 5.39. The smallest absolute Gasteiger partial charge is 0.267 e. The van der Waals surface area contributed by atoms with Gasteiger partial charge in [-0.15, -0.1) is 0 Å². The van der Waals surface area contributed by atoms with Gasteiger partial charge in [0.1, 0.15) is 15.8 Å². The molecule has 148 valence electrons. The molecular weight excluding hydrogens is 392 g/mol. The second-order valence-corrected chi connectivity index (χ2v) is 8.56. The Hall–Kier alpha value is -2.19. The molecule has 0 bridgehead atoms. The van der Waals surface area contributed by atoms with E-state index in [0.717, 1.165) is 25.8 Å². The van der Waals surface area contributed by atoms with Crippen molar-refractivity contribution in [2.75, 3.05) is 11.9 Å². The quantitative estimate of drug-likeness (QED) is 0.419. The number of hydrogen-bond donors (Lipinski definition) is 1. The van der Waals surface area contributed by atoms with Crippen LogP contribution in [0.5, 0.6) is 0 Å². The van der Waals surface area contributed by atoms with Crippen LogP contribution >= 0.6 is 24.0 Å². The molecule has 0 aromatic carbocycles. The third-order valence-corrected chi connectivity index (χ3v) is 5.79. The Morgan fingerprint density at radius 1 is 1.29 bits per heavy atom. The van der Waals surface area contributed by atoms with Crippen molar-refractivity contribution < 1.29 is 4.79 Å². The Kier molecular flexibility index (Phi) is 6.51. The zero-order valence-corrected chi connectivity index (χ0v) is 17.9. The maximum Gasteiger partial charge on any atom is 0.267 e. The van der Waals surface area contributed by atoms with Gasteiger partial charge in [0.25, 0.3) is 11.5 Å². The fourth-order valence-electron chi connectivity index (χ4n) is 3.01. The van der Waals surface area contributed by atoms with Crippen molar-refractivity contribution in [3.05, 3.63) is 45.2 Å². The number of carbonyl (C=O) groups is 1. The predicted octanol–water partition coefficient (Wildman–Crippen LogP) is 3.91. The molecule has 0 radical (unpaired) electrons. The maximum absolute atomic E-state index is 13.1. The first-order chi connectivity index (χ1) is 13.4. The van der Waals surface area contributed by atoms with Crippen molar-refractivity contribution in [2.24, 2.45) is 0 Å². The van der Waals surface area contributed by atoms with Crippen LogP contribution < -0.4 is 10.9 Å². The van der Waals surface area contributed by atoms with Crippen LogP contribution in [0.25, 0.3) is 11.7 Å². The second kappa shape index (κ2) is 8.87. The number of carbonyl (C=O) groups excluding carboxylic acids is 1. The Labute approximate surface area is 174 Å². The molecule has 1 N–H and O–H groups in total. The lowest BCUT2D eigenvalue weighted by Gasteiger charge is -2.18. The molecular formula is C20H24N4O2S2. The fraction of sp³-hybridized carbons (Fsp3) is 0.400. The first kappa shape index (κ1) is 20.5. The minimum Gasteiger partial charge on any atom is -0.369 e. The summed E-state index contributed by atoms with van der Waals surface area (Å²) in [5.74, 6) is 0.335. The van der Waals surface area contributed by atoms with Gasteiger partial charge in [-0.1, -0.05) is 49.8 Å². The van der Waals surface area contributed by atoms with E-state index in [0.29, 0.717) is 26.3 Å². The molecule has 3 rings (SSSR count). The predicted molar refractivity (Wildman–Crippen MR) is 120 cm³/mol. The molecule has 28 heavy (non-hydrogen) atoms. The molecule has 8 heteroatoms. The fourth-order valence-corrected chi connectivity index (χ4v) is 4.51. The van der Waals surface area contributed by atoms with Crippen LogP contribution in [0.15, 0.2) is 34.1 Å². The summed E-state index contributed by atoms with van der Waals surface area (Å²) in [7, 11) is 0. The Balaban J connectivity index is 2.05. The number of nitrogens with one attached hydrogen (secondary N) is 1. The number of unbranched alkanes of at least 4 members (excludes halogenated alkanes) is 2. The number of amides is 1. The van der Waals surface area contributed by atoms with Gasteiger partial charge in [-0.2, -0.15) is 0 Å². The summed E-state index contributed by atoms with van der Waals surface area (Å²) in [6.07, 6.45) is 6.50. The number of anilines is 1. The number of aromatic nitrogens is 2. The summed E-state index contributed by atoms with van der Waals surface area (Å²) in [6.45, 7) is 6.70. The molecule has 0 spiro atoms. The van der Waals surface area contributed by atoms with E-state index in [1.807, 2.05) is 19.9 Å². The lowest BCUT2D eigenvalue weighted by molar-refractivity contribution is -0.123. The number of thiocarbonyl (C=S) groups is 1. The molecule has 1 saturated heterocycles. The lowest BCUT2D eigenvalue weighted by Crippen LogP contribution is -2.34. The van der Waals surface area contributed by atoms with Crippen LogP contribution in [0.3, 0.4) is 0 Å².